The van der Waals surface area contributed by atoms with Gasteiger partial charge in [0.25, 0.3) is 5.69 Å². The number of carbonyl (C=O) groups is 1. The lowest BCUT2D eigenvalue weighted by molar-refractivity contribution is -0.386. The first kappa shape index (κ1) is 12.6. The first-order valence-corrected chi connectivity index (χ1v) is 5.77. The first-order chi connectivity index (χ1) is 8.50. The van der Waals surface area contributed by atoms with E-state index in [-0.39, 0.29) is 23.5 Å². The number of aromatic nitrogens is 1. The van der Waals surface area contributed by atoms with E-state index in [1.54, 1.807) is 19.9 Å². The third-order valence-corrected chi connectivity index (χ3v) is 3.17. The number of hydrogen-bond donors (Lipinski definition) is 0. The van der Waals surface area contributed by atoms with E-state index in [1.807, 2.05) is 0 Å². The highest BCUT2D eigenvalue weighted by Gasteiger charge is 2.37. The fourth-order valence-electron chi connectivity index (χ4n) is 2.19. The molecule has 1 saturated heterocycles. The van der Waals surface area contributed by atoms with Crippen LogP contribution in [-0.2, 0) is 9.53 Å². The molecule has 0 amide bonds. The third-order valence-electron chi connectivity index (χ3n) is 3.17. The summed E-state index contributed by atoms with van der Waals surface area (Å²) < 4.78 is 5.69. The molecule has 0 aromatic carbocycles. The minimum atomic E-state index is -0.565. The van der Waals surface area contributed by atoms with Gasteiger partial charge in [-0.3, -0.25) is 19.9 Å². The number of ether oxygens (including phenoxy) is 1. The van der Waals surface area contributed by atoms with Gasteiger partial charge in [0.1, 0.15) is 12.0 Å². The lowest BCUT2D eigenvalue weighted by Crippen LogP contribution is -2.33. The van der Waals surface area contributed by atoms with Crippen LogP contribution >= 0.6 is 0 Å². The molecule has 6 heteroatoms. The number of rotatable bonds is 2. The average molecular weight is 250 g/mol. The molecule has 2 heterocycles. The van der Waals surface area contributed by atoms with Gasteiger partial charge in [-0.25, -0.2) is 0 Å². The van der Waals surface area contributed by atoms with Crippen LogP contribution in [0.2, 0.25) is 0 Å². The first-order valence-electron chi connectivity index (χ1n) is 5.77. The van der Waals surface area contributed by atoms with E-state index in [9.17, 15) is 14.9 Å². The van der Waals surface area contributed by atoms with Crippen LogP contribution in [0.1, 0.15) is 31.9 Å². The smallest absolute Gasteiger partial charge is 0.293 e. The molecule has 0 spiro atoms. The number of carbonyl (C=O) groups excluding carboxylic acids is 1. The predicted molar refractivity (Wildman–Crippen MR) is 63.0 cm³/mol. The van der Waals surface area contributed by atoms with Crippen molar-refractivity contribution in [3.63, 3.8) is 0 Å². The molecule has 0 radical (unpaired) electrons. The summed E-state index contributed by atoms with van der Waals surface area (Å²) in [6, 6.07) is 1.55. The molecule has 3 unspecified atom stereocenters. The van der Waals surface area contributed by atoms with Crippen molar-refractivity contribution in [2.45, 2.75) is 32.5 Å². The van der Waals surface area contributed by atoms with Crippen molar-refractivity contribution in [1.82, 2.24) is 4.98 Å². The van der Waals surface area contributed by atoms with Gasteiger partial charge in [-0.05, 0) is 13.0 Å². The maximum Gasteiger partial charge on any atom is 0.293 e. The number of ketones is 1. The van der Waals surface area contributed by atoms with Gasteiger partial charge in [-0.2, -0.15) is 0 Å². The van der Waals surface area contributed by atoms with Crippen molar-refractivity contribution < 1.29 is 14.5 Å². The van der Waals surface area contributed by atoms with Crippen LogP contribution < -0.4 is 0 Å². The summed E-state index contributed by atoms with van der Waals surface area (Å²) in [5.74, 6) is -0.299. The van der Waals surface area contributed by atoms with Crippen molar-refractivity contribution in [2.24, 2.45) is 5.92 Å². The van der Waals surface area contributed by atoms with E-state index in [0.717, 1.165) is 0 Å². The number of pyridine rings is 1. The Morgan fingerprint density at radius 1 is 1.50 bits per heavy atom. The van der Waals surface area contributed by atoms with Crippen molar-refractivity contribution >= 4 is 11.5 Å². The lowest BCUT2D eigenvalue weighted by Gasteiger charge is -2.32. The van der Waals surface area contributed by atoms with Gasteiger partial charge in [-0.15, -0.1) is 0 Å². The second kappa shape index (κ2) is 4.81. The molecule has 1 fully saturated rings. The van der Waals surface area contributed by atoms with Gasteiger partial charge in [0.05, 0.1) is 22.7 Å². The molecular formula is C12H14N2O4. The van der Waals surface area contributed by atoms with E-state index in [1.165, 1.54) is 12.4 Å². The molecule has 1 aromatic rings. The molecule has 0 saturated carbocycles. The predicted octanol–water partition coefficient (Wildman–Crippen LogP) is 2.04. The Morgan fingerprint density at radius 2 is 2.22 bits per heavy atom. The molecule has 96 valence electrons. The van der Waals surface area contributed by atoms with E-state index < -0.39 is 11.0 Å². The maximum absolute atomic E-state index is 11.8. The van der Waals surface area contributed by atoms with Gasteiger partial charge in [0, 0.05) is 18.5 Å². The van der Waals surface area contributed by atoms with Crippen LogP contribution in [0.25, 0.3) is 0 Å². The Bertz CT molecular complexity index is 489. The van der Waals surface area contributed by atoms with Crippen LogP contribution in [0.15, 0.2) is 18.5 Å². The maximum atomic E-state index is 11.8. The Hall–Kier alpha value is -1.82. The van der Waals surface area contributed by atoms with E-state index >= 15 is 0 Å². The van der Waals surface area contributed by atoms with Gasteiger partial charge in [-0.1, -0.05) is 6.92 Å². The Kier molecular flexibility index (Phi) is 3.38. The summed E-state index contributed by atoms with van der Waals surface area (Å²) in [5, 5.41) is 11.0. The average Bonchev–Trinajstić information content (AvgIpc) is 2.33. The standard InChI is InChI=1S/C12H14N2O4/c1-7-5-11(15)8(2)12(18-7)9-3-4-13-6-10(9)14(16)17/h3-4,6-8,12H,5H2,1-2H3. The van der Waals surface area contributed by atoms with E-state index in [0.29, 0.717) is 12.0 Å². The zero-order valence-electron chi connectivity index (χ0n) is 10.2. The van der Waals surface area contributed by atoms with Gasteiger partial charge >= 0.3 is 0 Å². The summed E-state index contributed by atoms with van der Waals surface area (Å²) in [4.78, 5) is 26.0. The monoisotopic (exact) mass is 250 g/mol. The highest BCUT2D eigenvalue weighted by atomic mass is 16.6. The van der Waals surface area contributed by atoms with Crippen molar-refractivity contribution in [2.75, 3.05) is 0 Å². The van der Waals surface area contributed by atoms with Crippen molar-refractivity contribution in [1.29, 1.82) is 0 Å². The molecule has 18 heavy (non-hydrogen) atoms. The molecule has 0 bridgehead atoms. The van der Waals surface area contributed by atoms with Gasteiger partial charge in [0.2, 0.25) is 0 Å². The summed E-state index contributed by atoms with van der Waals surface area (Å²) in [6.45, 7) is 3.53. The zero-order valence-corrected chi connectivity index (χ0v) is 10.2. The lowest BCUT2D eigenvalue weighted by atomic mass is 9.88. The summed E-state index contributed by atoms with van der Waals surface area (Å²) in [5.41, 5.74) is 0.318. The van der Waals surface area contributed by atoms with Gasteiger partial charge in [0.15, 0.2) is 0 Å². The summed E-state index contributed by atoms with van der Waals surface area (Å²) >= 11 is 0. The Balaban J connectivity index is 2.41. The molecule has 3 atom stereocenters. The minimum Gasteiger partial charge on any atom is -0.369 e. The Morgan fingerprint density at radius 3 is 2.89 bits per heavy atom. The fourth-order valence-corrected chi connectivity index (χ4v) is 2.19. The van der Waals surface area contributed by atoms with Crippen molar-refractivity contribution in [3.05, 3.63) is 34.1 Å². The van der Waals surface area contributed by atoms with E-state index in [4.69, 9.17) is 4.74 Å². The summed E-state index contributed by atoms with van der Waals surface area (Å²) in [6.07, 6.45) is 2.24. The number of hydrogen-bond acceptors (Lipinski definition) is 5. The van der Waals surface area contributed by atoms with Crippen molar-refractivity contribution in [3.8, 4) is 0 Å². The third kappa shape index (κ3) is 2.24. The molecular weight excluding hydrogens is 236 g/mol. The molecule has 6 nitrogen and oxygen atoms in total. The molecule has 0 N–H and O–H groups in total. The number of nitro groups is 1. The normalized spacial score (nSPS) is 28.1. The van der Waals surface area contributed by atoms with Crippen LogP contribution in [-0.4, -0.2) is 21.8 Å². The quantitative estimate of drug-likeness (QED) is 0.592. The Labute approximate surface area is 104 Å². The van der Waals surface area contributed by atoms with Crippen LogP contribution in [0.5, 0.6) is 0 Å². The number of Topliss-reactive ketones (excluding diaryl/α,β-unsaturated/α-hetero) is 1. The molecule has 2 rings (SSSR count). The topological polar surface area (TPSA) is 82.3 Å². The largest absolute Gasteiger partial charge is 0.369 e. The molecule has 1 aliphatic rings. The van der Waals surface area contributed by atoms with Crippen LogP contribution in [0, 0.1) is 16.0 Å². The SMILES string of the molecule is CC1CC(=O)C(C)C(c2ccncc2[N+](=O)[O-])O1. The highest BCUT2D eigenvalue weighted by Crippen LogP contribution is 2.37. The highest BCUT2D eigenvalue weighted by molar-refractivity contribution is 5.82. The molecule has 1 aromatic heterocycles. The second-order valence-corrected chi connectivity index (χ2v) is 4.52. The van der Waals surface area contributed by atoms with E-state index in [2.05, 4.69) is 4.98 Å². The van der Waals surface area contributed by atoms with Crippen LogP contribution in [0.4, 0.5) is 5.69 Å². The number of nitrogens with zero attached hydrogens (tertiary/aromatic N) is 2. The fraction of sp³-hybridized carbons (Fsp3) is 0.500. The summed E-state index contributed by atoms with van der Waals surface area (Å²) in [7, 11) is 0. The van der Waals surface area contributed by atoms with Crippen LogP contribution in [0.3, 0.4) is 0 Å². The van der Waals surface area contributed by atoms with Gasteiger partial charge < -0.3 is 4.74 Å². The minimum absolute atomic E-state index is 0.0739. The zero-order chi connectivity index (χ0) is 13.3. The second-order valence-electron chi connectivity index (χ2n) is 4.52. The molecule has 0 aliphatic carbocycles. The molecule has 1 aliphatic heterocycles.